The van der Waals surface area contributed by atoms with Crippen LogP contribution in [0.2, 0.25) is 0 Å². The minimum Gasteiger partial charge on any atom is -0.399 e. The molecule has 2 N–H and O–H groups in total. The maximum Gasteiger partial charge on any atom is 0.0561 e. The quantitative estimate of drug-likeness (QED) is 0.392. The van der Waals surface area contributed by atoms with Crippen LogP contribution < -0.4 is 5.73 Å². The molecule has 1 aromatic heterocycles. The zero-order valence-electron chi connectivity index (χ0n) is 14.3. The van der Waals surface area contributed by atoms with Crippen molar-refractivity contribution in [1.82, 2.24) is 4.57 Å². The highest BCUT2D eigenvalue weighted by molar-refractivity contribution is 6.09. The van der Waals surface area contributed by atoms with Crippen molar-refractivity contribution in [1.29, 1.82) is 0 Å². The summed E-state index contributed by atoms with van der Waals surface area (Å²) < 4.78 is 2.29. The number of rotatable bonds is 2. The standard InChI is InChI=1S/C24H18N2/c25-19-12-15-22-21-8-4-5-9-23(21)26(24(22)16-19)20-13-10-18(11-14-20)17-6-2-1-3-7-17/h1-16H,25H2. The number of hydrogen-bond acceptors (Lipinski definition) is 1. The third-order valence-corrected chi connectivity index (χ3v) is 4.93. The van der Waals surface area contributed by atoms with Gasteiger partial charge in [-0.25, -0.2) is 0 Å². The Morgan fingerprint density at radius 3 is 2.00 bits per heavy atom. The lowest BCUT2D eigenvalue weighted by Crippen LogP contribution is -1.94. The van der Waals surface area contributed by atoms with Gasteiger partial charge in [0, 0.05) is 22.1 Å². The minimum absolute atomic E-state index is 0.780. The van der Waals surface area contributed by atoms with Gasteiger partial charge in [0.2, 0.25) is 0 Å². The summed E-state index contributed by atoms with van der Waals surface area (Å²) in [7, 11) is 0. The van der Waals surface area contributed by atoms with Crippen LogP contribution in [0, 0.1) is 0 Å². The first-order valence-corrected chi connectivity index (χ1v) is 8.76. The molecule has 26 heavy (non-hydrogen) atoms. The first kappa shape index (κ1) is 14.8. The Morgan fingerprint density at radius 2 is 1.19 bits per heavy atom. The third-order valence-electron chi connectivity index (χ3n) is 4.93. The number of nitrogen functional groups attached to an aromatic ring is 1. The van der Waals surface area contributed by atoms with Crippen molar-refractivity contribution in [3.63, 3.8) is 0 Å². The molecule has 0 spiro atoms. The number of fused-ring (bicyclic) bond motifs is 3. The van der Waals surface area contributed by atoms with Crippen LogP contribution in [0.25, 0.3) is 38.6 Å². The average molecular weight is 334 g/mol. The van der Waals surface area contributed by atoms with E-state index in [-0.39, 0.29) is 0 Å². The molecule has 0 bridgehead atoms. The van der Waals surface area contributed by atoms with Crippen LogP contribution in [-0.2, 0) is 0 Å². The van der Waals surface area contributed by atoms with E-state index >= 15 is 0 Å². The molecule has 124 valence electrons. The molecule has 0 amide bonds. The van der Waals surface area contributed by atoms with Crippen molar-refractivity contribution in [3.05, 3.63) is 97.1 Å². The van der Waals surface area contributed by atoms with E-state index in [0.717, 1.165) is 16.9 Å². The smallest absolute Gasteiger partial charge is 0.0561 e. The minimum atomic E-state index is 0.780. The van der Waals surface area contributed by atoms with Crippen LogP contribution in [0.15, 0.2) is 97.1 Å². The fourth-order valence-electron chi connectivity index (χ4n) is 3.70. The largest absolute Gasteiger partial charge is 0.399 e. The van der Waals surface area contributed by atoms with E-state index in [9.17, 15) is 0 Å². The Morgan fingerprint density at radius 1 is 0.538 bits per heavy atom. The van der Waals surface area contributed by atoms with Crippen LogP contribution in [0.3, 0.4) is 0 Å². The molecule has 0 aliphatic carbocycles. The maximum absolute atomic E-state index is 6.08. The van der Waals surface area contributed by atoms with Gasteiger partial charge in [-0.1, -0.05) is 66.7 Å². The molecule has 0 unspecified atom stereocenters. The maximum atomic E-state index is 6.08. The van der Waals surface area contributed by atoms with E-state index in [1.807, 2.05) is 12.1 Å². The predicted octanol–water partition coefficient (Wildman–Crippen LogP) is 6.03. The van der Waals surface area contributed by atoms with E-state index in [0.29, 0.717) is 0 Å². The van der Waals surface area contributed by atoms with Gasteiger partial charge >= 0.3 is 0 Å². The van der Waals surface area contributed by atoms with Gasteiger partial charge in [0.1, 0.15) is 0 Å². The van der Waals surface area contributed by atoms with Crippen LogP contribution in [0.1, 0.15) is 0 Å². The van der Waals surface area contributed by atoms with Crippen molar-refractivity contribution in [3.8, 4) is 16.8 Å². The van der Waals surface area contributed by atoms with E-state index in [1.54, 1.807) is 0 Å². The van der Waals surface area contributed by atoms with Gasteiger partial charge in [-0.15, -0.1) is 0 Å². The summed E-state index contributed by atoms with van der Waals surface area (Å²) in [4.78, 5) is 0. The Kier molecular flexibility index (Phi) is 3.29. The van der Waals surface area contributed by atoms with E-state index in [4.69, 9.17) is 5.73 Å². The van der Waals surface area contributed by atoms with Crippen LogP contribution in [-0.4, -0.2) is 4.57 Å². The van der Waals surface area contributed by atoms with Gasteiger partial charge in [-0.3, -0.25) is 0 Å². The molecule has 0 saturated carbocycles. The van der Waals surface area contributed by atoms with E-state index in [1.165, 1.54) is 27.4 Å². The Balaban J connectivity index is 1.74. The monoisotopic (exact) mass is 334 g/mol. The molecule has 1 heterocycles. The number of aromatic nitrogens is 1. The predicted molar refractivity (Wildman–Crippen MR) is 111 cm³/mol. The molecule has 2 heteroatoms. The van der Waals surface area contributed by atoms with Crippen molar-refractivity contribution >= 4 is 27.5 Å². The van der Waals surface area contributed by atoms with Gasteiger partial charge in [-0.05, 0) is 41.5 Å². The average Bonchev–Trinajstić information content (AvgIpc) is 3.02. The summed E-state index contributed by atoms with van der Waals surface area (Å²) in [5, 5.41) is 2.47. The van der Waals surface area contributed by atoms with Crippen LogP contribution in [0.5, 0.6) is 0 Å². The van der Waals surface area contributed by atoms with Crippen LogP contribution in [0.4, 0.5) is 5.69 Å². The molecule has 0 radical (unpaired) electrons. The van der Waals surface area contributed by atoms with Gasteiger partial charge in [0.15, 0.2) is 0 Å². The van der Waals surface area contributed by atoms with Gasteiger partial charge in [0.25, 0.3) is 0 Å². The summed E-state index contributed by atoms with van der Waals surface area (Å²) in [6.45, 7) is 0. The summed E-state index contributed by atoms with van der Waals surface area (Å²) in [5.41, 5.74) is 12.8. The number of para-hydroxylation sites is 1. The molecule has 2 nitrogen and oxygen atoms in total. The fourth-order valence-corrected chi connectivity index (χ4v) is 3.70. The summed E-state index contributed by atoms with van der Waals surface area (Å²) >= 11 is 0. The number of nitrogens with two attached hydrogens (primary N) is 1. The van der Waals surface area contributed by atoms with Crippen molar-refractivity contribution in [2.24, 2.45) is 0 Å². The second kappa shape index (κ2) is 5.78. The lowest BCUT2D eigenvalue weighted by Gasteiger charge is -2.09. The second-order valence-corrected chi connectivity index (χ2v) is 6.54. The molecular weight excluding hydrogens is 316 g/mol. The zero-order chi connectivity index (χ0) is 17.5. The molecule has 4 aromatic carbocycles. The molecule has 0 saturated heterocycles. The summed E-state index contributed by atoms with van der Waals surface area (Å²) in [6, 6.07) is 33.8. The lowest BCUT2D eigenvalue weighted by atomic mass is 10.1. The second-order valence-electron chi connectivity index (χ2n) is 6.54. The SMILES string of the molecule is Nc1ccc2c3ccccc3n(-c3ccc(-c4ccccc4)cc3)c2c1. The Bertz CT molecular complexity index is 1220. The van der Waals surface area contributed by atoms with Crippen molar-refractivity contribution in [2.75, 3.05) is 5.73 Å². The molecule has 0 aliphatic heterocycles. The first-order valence-electron chi connectivity index (χ1n) is 8.76. The van der Waals surface area contributed by atoms with Gasteiger partial charge in [-0.2, -0.15) is 0 Å². The third kappa shape index (κ3) is 2.27. The Hall–Kier alpha value is -3.52. The Labute approximate surface area is 152 Å². The molecule has 5 rings (SSSR count). The number of anilines is 1. The summed E-state index contributed by atoms with van der Waals surface area (Å²) in [5.74, 6) is 0. The van der Waals surface area contributed by atoms with Gasteiger partial charge in [0.05, 0.1) is 11.0 Å². The van der Waals surface area contributed by atoms with Crippen LogP contribution >= 0.6 is 0 Å². The highest BCUT2D eigenvalue weighted by atomic mass is 15.0. The van der Waals surface area contributed by atoms with E-state index in [2.05, 4.69) is 89.5 Å². The molecule has 0 aliphatic rings. The lowest BCUT2D eigenvalue weighted by molar-refractivity contribution is 1.18. The topological polar surface area (TPSA) is 30.9 Å². The van der Waals surface area contributed by atoms with Crippen molar-refractivity contribution in [2.45, 2.75) is 0 Å². The first-order chi connectivity index (χ1) is 12.8. The van der Waals surface area contributed by atoms with E-state index < -0.39 is 0 Å². The zero-order valence-corrected chi connectivity index (χ0v) is 14.3. The van der Waals surface area contributed by atoms with Crippen molar-refractivity contribution < 1.29 is 0 Å². The fraction of sp³-hybridized carbons (Fsp3) is 0. The normalized spacial score (nSPS) is 11.2. The molecule has 0 fully saturated rings. The molecular formula is C24H18N2. The number of hydrogen-bond donors (Lipinski definition) is 1. The highest BCUT2D eigenvalue weighted by Crippen LogP contribution is 2.33. The number of nitrogens with zero attached hydrogens (tertiary/aromatic N) is 1. The molecule has 5 aromatic rings. The summed E-state index contributed by atoms with van der Waals surface area (Å²) in [6.07, 6.45) is 0. The number of benzene rings is 4. The molecule has 0 atom stereocenters. The van der Waals surface area contributed by atoms with Gasteiger partial charge < -0.3 is 10.3 Å². The highest BCUT2D eigenvalue weighted by Gasteiger charge is 2.12.